The highest BCUT2D eigenvalue weighted by molar-refractivity contribution is 7.88. The van der Waals surface area contributed by atoms with Gasteiger partial charge in [0.15, 0.2) is 0 Å². The number of carbonyl (C=O) groups excluding carboxylic acids is 1. The number of sulfonamides is 1. The maximum absolute atomic E-state index is 12.0. The van der Waals surface area contributed by atoms with Crippen LogP contribution in [0.4, 0.5) is 0 Å². The second kappa shape index (κ2) is 7.56. The van der Waals surface area contributed by atoms with Gasteiger partial charge in [-0.1, -0.05) is 44.2 Å². The predicted octanol–water partition coefficient (Wildman–Crippen LogP) is 1.61. The highest BCUT2D eigenvalue weighted by atomic mass is 32.2. The van der Waals surface area contributed by atoms with E-state index in [0.29, 0.717) is 5.92 Å². The van der Waals surface area contributed by atoms with Crippen LogP contribution in [0.2, 0.25) is 0 Å². The van der Waals surface area contributed by atoms with Crippen molar-refractivity contribution in [2.24, 2.45) is 5.92 Å². The lowest BCUT2D eigenvalue weighted by Gasteiger charge is -2.22. The van der Waals surface area contributed by atoms with Gasteiger partial charge < -0.3 is 5.32 Å². The van der Waals surface area contributed by atoms with E-state index in [4.69, 9.17) is 0 Å². The minimum absolute atomic E-state index is 0.00985. The van der Waals surface area contributed by atoms with Gasteiger partial charge in [-0.15, -0.1) is 0 Å². The van der Waals surface area contributed by atoms with Crippen LogP contribution in [0.5, 0.6) is 0 Å². The van der Waals surface area contributed by atoms with Crippen LogP contribution in [0.1, 0.15) is 26.3 Å². The van der Waals surface area contributed by atoms with Crippen molar-refractivity contribution in [3.63, 3.8) is 0 Å². The molecule has 0 aromatic heterocycles. The van der Waals surface area contributed by atoms with Gasteiger partial charge in [0.25, 0.3) is 0 Å². The zero-order valence-corrected chi connectivity index (χ0v) is 13.9. The Kier molecular flexibility index (Phi) is 6.36. The largest absolute Gasteiger partial charge is 0.352 e. The summed E-state index contributed by atoms with van der Waals surface area (Å²) in [4.78, 5) is 12.0. The zero-order chi connectivity index (χ0) is 16.0. The van der Waals surface area contributed by atoms with Crippen LogP contribution in [-0.2, 0) is 21.4 Å². The van der Waals surface area contributed by atoms with Crippen LogP contribution >= 0.6 is 0 Å². The summed E-state index contributed by atoms with van der Waals surface area (Å²) in [6.45, 7) is 5.95. The molecular weight excluding hydrogens is 288 g/mol. The molecule has 0 aliphatic carbocycles. The number of benzene rings is 1. The molecule has 0 saturated carbocycles. The molecule has 0 saturated heterocycles. The highest BCUT2D eigenvalue weighted by Gasteiger charge is 2.21. The van der Waals surface area contributed by atoms with E-state index < -0.39 is 10.0 Å². The second-order valence-electron chi connectivity index (χ2n) is 5.62. The van der Waals surface area contributed by atoms with E-state index in [9.17, 15) is 13.2 Å². The summed E-state index contributed by atoms with van der Waals surface area (Å²) in [7, 11) is -3.44. The summed E-state index contributed by atoms with van der Waals surface area (Å²) in [5.74, 6) is 0.0207. The summed E-state index contributed by atoms with van der Waals surface area (Å²) in [5.41, 5.74) is 0.854. The summed E-state index contributed by atoms with van der Waals surface area (Å²) < 4.78 is 24.9. The molecule has 1 rings (SSSR count). The van der Waals surface area contributed by atoms with Crippen LogP contribution < -0.4 is 5.32 Å². The molecule has 0 spiro atoms. The van der Waals surface area contributed by atoms with Crippen LogP contribution in [0.3, 0.4) is 0 Å². The van der Waals surface area contributed by atoms with E-state index in [0.717, 1.165) is 11.8 Å². The molecule has 0 unspecified atom stereocenters. The zero-order valence-electron chi connectivity index (χ0n) is 13.0. The number of rotatable bonds is 7. The lowest BCUT2D eigenvalue weighted by atomic mass is 10.1. The number of carbonyl (C=O) groups is 1. The number of hydrogen-bond donors (Lipinski definition) is 1. The van der Waals surface area contributed by atoms with Crippen molar-refractivity contribution in [1.82, 2.24) is 9.62 Å². The lowest BCUT2D eigenvalue weighted by Crippen LogP contribution is -2.44. The fourth-order valence-corrected chi connectivity index (χ4v) is 2.44. The molecule has 1 aromatic rings. The molecule has 118 valence electrons. The molecule has 1 aromatic carbocycles. The molecule has 0 fully saturated rings. The minimum Gasteiger partial charge on any atom is -0.352 e. The van der Waals surface area contributed by atoms with Gasteiger partial charge in [-0.05, 0) is 18.4 Å². The normalized spacial score (nSPS) is 13.4. The summed E-state index contributed by atoms with van der Waals surface area (Å²) in [6.07, 6.45) is 1.12. The Bertz CT molecular complexity index is 556. The molecule has 1 atom stereocenters. The van der Waals surface area contributed by atoms with Crippen molar-refractivity contribution in [2.75, 3.05) is 12.8 Å². The van der Waals surface area contributed by atoms with Gasteiger partial charge in [-0.25, -0.2) is 8.42 Å². The molecule has 1 N–H and O–H groups in total. The third kappa shape index (κ3) is 6.27. The van der Waals surface area contributed by atoms with E-state index >= 15 is 0 Å². The molecule has 6 heteroatoms. The predicted molar refractivity (Wildman–Crippen MR) is 84.1 cm³/mol. The molecule has 0 heterocycles. The molecule has 21 heavy (non-hydrogen) atoms. The van der Waals surface area contributed by atoms with Gasteiger partial charge in [0, 0.05) is 12.6 Å². The number of nitrogens with one attached hydrogen (secondary N) is 1. The maximum Gasteiger partial charge on any atom is 0.235 e. The molecule has 0 radical (unpaired) electrons. The second-order valence-corrected chi connectivity index (χ2v) is 7.60. The van der Waals surface area contributed by atoms with Gasteiger partial charge in [0.2, 0.25) is 15.9 Å². The Morgan fingerprint density at radius 3 is 2.24 bits per heavy atom. The van der Waals surface area contributed by atoms with Crippen molar-refractivity contribution in [3.05, 3.63) is 35.9 Å². The standard InChI is InChI=1S/C15H24N2O3S/c1-12(2)13(3)16-15(18)11-17(21(4,19)20)10-14-8-6-5-7-9-14/h5-9,12-13H,10-11H2,1-4H3,(H,16,18)/t13-/m1/s1. The molecule has 0 aliphatic rings. The quantitative estimate of drug-likeness (QED) is 0.832. The van der Waals surface area contributed by atoms with E-state index in [1.165, 1.54) is 4.31 Å². The Labute approximate surface area is 127 Å². The molecule has 1 amide bonds. The Hall–Kier alpha value is -1.40. The first-order chi connectivity index (χ1) is 9.70. The minimum atomic E-state index is -3.44. The number of hydrogen-bond acceptors (Lipinski definition) is 3. The van der Waals surface area contributed by atoms with Crippen LogP contribution in [0.15, 0.2) is 30.3 Å². The average molecular weight is 312 g/mol. The molecule has 5 nitrogen and oxygen atoms in total. The van der Waals surface area contributed by atoms with Crippen molar-refractivity contribution < 1.29 is 13.2 Å². The SMILES string of the molecule is CC(C)[C@@H](C)NC(=O)CN(Cc1ccccc1)S(C)(=O)=O. The Balaban J connectivity index is 2.74. The third-order valence-corrected chi connectivity index (χ3v) is 4.58. The lowest BCUT2D eigenvalue weighted by molar-refractivity contribution is -0.122. The first-order valence-corrected chi connectivity index (χ1v) is 8.83. The molecular formula is C15H24N2O3S. The van der Waals surface area contributed by atoms with Gasteiger partial charge in [-0.3, -0.25) is 4.79 Å². The van der Waals surface area contributed by atoms with Crippen molar-refractivity contribution in [3.8, 4) is 0 Å². The maximum atomic E-state index is 12.0. The monoisotopic (exact) mass is 312 g/mol. The van der Waals surface area contributed by atoms with Crippen LogP contribution in [-0.4, -0.2) is 37.5 Å². The molecule has 0 aliphatic heterocycles. The van der Waals surface area contributed by atoms with Crippen molar-refractivity contribution >= 4 is 15.9 Å². The first kappa shape index (κ1) is 17.7. The van der Waals surface area contributed by atoms with Crippen LogP contribution in [0, 0.1) is 5.92 Å². The Morgan fingerprint density at radius 1 is 1.19 bits per heavy atom. The third-order valence-electron chi connectivity index (χ3n) is 3.38. The highest BCUT2D eigenvalue weighted by Crippen LogP contribution is 2.08. The average Bonchev–Trinajstić information content (AvgIpc) is 2.37. The fourth-order valence-electron chi connectivity index (χ4n) is 1.70. The Morgan fingerprint density at radius 2 is 1.76 bits per heavy atom. The van der Waals surface area contributed by atoms with Gasteiger partial charge in [0.1, 0.15) is 0 Å². The van der Waals surface area contributed by atoms with Crippen LogP contribution in [0.25, 0.3) is 0 Å². The molecule has 0 bridgehead atoms. The van der Waals surface area contributed by atoms with E-state index in [-0.39, 0.29) is 25.0 Å². The van der Waals surface area contributed by atoms with Crippen molar-refractivity contribution in [1.29, 1.82) is 0 Å². The number of amides is 1. The van der Waals surface area contributed by atoms with E-state index in [1.54, 1.807) is 0 Å². The first-order valence-electron chi connectivity index (χ1n) is 6.98. The summed E-state index contributed by atoms with van der Waals surface area (Å²) in [6, 6.07) is 9.24. The van der Waals surface area contributed by atoms with E-state index in [2.05, 4.69) is 5.32 Å². The van der Waals surface area contributed by atoms with Gasteiger partial charge in [0.05, 0.1) is 12.8 Å². The van der Waals surface area contributed by atoms with Crippen molar-refractivity contribution in [2.45, 2.75) is 33.4 Å². The summed E-state index contributed by atoms with van der Waals surface area (Å²) >= 11 is 0. The smallest absolute Gasteiger partial charge is 0.235 e. The summed E-state index contributed by atoms with van der Waals surface area (Å²) in [5, 5.41) is 2.82. The van der Waals surface area contributed by atoms with E-state index in [1.807, 2.05) is 51.1 Å². The van der Waals surface area contributed by atoms with Gasteiger partial charge >= 0.3 is 0 Å². The number of nitrogens with zero attached hydrogens (tertiary/aromatic N) is 1. The topological polar surface area (TPSA) is 66.5 Å². The van der Waals surface area contributed by atoms with Gasteiger partial charge in [-0.2, -0.15) is 4.31 Å². The fraction of sp³-hybridized carbons (Fsp3) is 0.533.